The molecule has 1 aromatic heterocycles. The van der Waals surface area contributed by atoms with Crippen LogP contribution in [0.2, 0.25) is 0 Å². The molecule has 1 atom stereocenters. The highest BCUT2D eigenvalue weighted by Gasteiger charge is 2.25. The first-order valence-corrected chi connectivity index (χ1v) is 11.1. The van der Waals surface area contributed by atoms with Crippen LogP contribution in [0.15, 0.2) is 42.5 Å². The molecule has 1 N–H and O–H groups in total. The van der Waals surface area contributed by atoms with Crippen molar-refractivity contribution in [2.45, 2.75) is 67.0 Å². The molecule has 1 amide bonds. The SMILES string of the molecule is Cc1cccc(C)c1OCCCCn1c(C(C)NC(=O)C(C)(C)C)nc2ccccc21. The minimum atomic E-state index is -0.434. The van der Waals surface area contributed by atoms with Gasteiger partial charge in [-0.1, -0.05) is 51.1 Å². The first-order chi connectivity index (χ1) is 14.7. The van der Waals surface area contributed by atoms with Crippen LogP contribution in [0.1, 0.15) is 63.5 Å². The van der Waals surface area contributed by atoms with Crippen LogP contribution >= 0.6 is 0 Å². The van der Waals surface area contributed by atoms with Crippen molar-refractivity contribution in [3.8, 4) is 5.75 Å². The number of fused-ring (bicyclic) bond motifs is 1. The lowest BCUT2D eigenvalue weighted by Gasteiger charge is -2.22. The molecule has 5 nitrogen and oxygen atoms in total. The molecule has 0 saturated carbocycles. The molecule has 5 heteroatoms. The fourth-order valence-electron chi connectivity index (χ4n) is 3.71. The topological polar surface area (TPSA) is 56.1 Å². The highest BCUT2D eigenvalue weighted by Crippen LogP contribution is 2.24. The van der Waals surface area contributed by atoms with E-state index in [1.807, 2.05) is 45.9 Å². The minimum absolute atomic E-state index is 0.0283. The van der Waals surface area contributed by atoms with Gasteiger partial charge in [-0.3, -0.25) is 4.79 Å². The molecule has 3 aromatic rings. The third kappa shape index (κ3) is 5.46. The van der Waals surface area contributed by atoms with Crippen LogP contribution in [0.4, 0.5) is 0 Å². The average molecular weight is 422 g/mol. The van der Waals surface area contributed by atoms with Crippen molar-refractivity contribution in [1.29, 1.82) is 0 Å². The summed E-state index contributed by atoms with van der Waals surface area (Å²) in [5.74, 6) is 1.92. The van der Waals surface area contributed by atoms with Crippen LogP contribution in [0.5, 0.6) is 5.75 Å². The van der Waals surface area contributed by atoms with E-state index in [1.54, 1.807) is 0 Å². The Morgan fingerprint density at radius 1 is 1.06 bits per heavy atom. The van der Waals surface area contributed by atoms with Gasteiger partial charge >= 0.3 is 0 Å². The van der Waals surface area contributed by atoms with Crippen molar-refractivity contribution in [3.63, 3.8) is 0 Å². The Hall–Kier alpha value is -2.82. The average Bonchev–Trinajstić information content (AvgIpc) is 3.08. The summed E-state index contributed by atoms with van der Waals surface area (Å²) in [7, 11) is 0. The Labute approximate surface area is 185 Å². The van der Waals surface area contributed by atoms with E-state index in [0.29, 0.717) is 6.61 Å². The maximum absolute atomic E-state index is 12.5. The Bertz CT molecular complexity index is 1030. The number of nitrogens with zero attached hydrogens (tertiary/aromatic N) is 2. The standard InChI is InChI=1S/C26H35N3O2/c1-18-12-11-13-19(2)23(18)31-17-10-9-16-29-22-15-8-7-14-21(22)28-24(29)20(3)27-25(30)26(4,5)6/h7-8,11-15,20H,9-10,16-17H2,1-6H3,(H,27,30). The smallest absolute Gasteiger partial charge is 0.225 e. The van der Waals surface area contributed by atoms with Crippen molar-refractivity contribution >= 4 is 16.9 Å². The monoisotopic (exact) mass is 421 g/mol. The summed E-state index contributed by atoms with van der Waals surface area (Å²) >= 11 is 0. The number of carbonyl (C=O) groups excluding carboxylic acids is 1. The summed E-state index contributed by atoms with van der Waals surface area (Å²) in [5, 5.41) is 3.13. The van der Waals surface area contributed by atoms with Gasteiger partial charge in [0.1, 0.15) is 11.6 Å². The number of aromatic nitrogens is 2. The fraction of sp³-hybridized carbons (Fsp3) is 0.462. The quantitative estimate of drug-likeness (QED) is 0.472. The summed E-state index contributed by atoms with van der Waals surface area (Å²) < 4.78 is 8.30. The molecule has 0 aliphatic rings. The normalized spacial score (nSPS) is 12.7. The van der Waals surface area contributed by atoms with Gasteiger partial charge in [0, 0.05) is 12.0 Å². The highest BCUT2D eigenvalue weighted by atomic mass is 16.5. The van der Waals surface area contributed by atoms with E-state index in [9.17, 15) is 4.79 Å². The predicted molar refractivity (Wildman–Crippen MR) is 126 cm³/mol. The molecule has 3 rings (SSSR count). The molecule has 0 fully saturated rings. The van der Waals surface area contributed by atoms with Crippen molar-refractivity contribution in [1.82, 2.24) is 14.9 Å². The number of nitrogens with one attached hydrogen (secondary N) is 1. The van der Waals surface area contributed by atoms with E-state index in [0.717, 1.165) is 42.0 Å². The molecule has 1 unspecified atom stereocenters. The molecule has 0 bridgehead atoms. The van der Waals surface area contributed by atoms with E-state index < -0.39 is 5.41 Å². The number of aryl methyl sites for hydroxylation is 3. The third-order valence-corrected chi connectivity index (χ3v) is 5.53. The van der Waals surface area contributed by atoms with Crippen molar-refractivity contribution in [3.05, 3.63) is 59.4 Å². The summed E-state index contributed by atoms with van der Waals surface area (Å²) in [6, 6.07) is 14.2. The molecule has 1 heterocycles. The minimum Gasteiger partial charge on any atom is -0.493 e. The predicted octanol–water partition coefficient (Wildman–Crippen LogP) is 5.74. The molecule has 0 saturated heterocycles. The van der Waals surface area contributed by atoms with Crippen molar-refractivity contribution < 1.29 is 9.53 Å². The Morgan fingerprint density at radius 3 is 2.42 bits per heavy atom. The number of amides is 1. The lowest BCUT2D eigenvalue weighted by atomic mass is 9.95. The maximum atomic E-state index is 12.5. The van der Waals surface area contributed by atoms with E-state index in [1.165, 1.54) is 11.1 Å². The molecule has 2 aromatic carbocycles. The largest absolute Gasteiger partial charge is 0.493 e. The Balaban J connectivity index is 1.68. The number of ether oxygens (including phenoxy) is 1. The lowest BCUT2D eigenvalue weighted by Crippen LogP contribution is -2.37. The molecule has 0 aliphatic carbocycles. The van der Waals surface area contributed by atoms with Gasteiger partial charge in [-0.2, -0.15) is 0 Å². The first kappa shape index (κ1) is 22.9. The fourth-order valence-corrected chi connectivity index (χ4v) is 3.71. The van der Waals surface area contributed by atoms with Crippen LogP contribution in [0.25, 0.3) is 11.0 Å². The summed E-state index contributed by atoms with van der Waals surface area (Å²) in [6.07, 6.45) is 1.92. The Kier molecular flexibility index (Phi) is 7.04. The van der Waals surface area contributed by atoms with Crippen LogP contribution in [0.3, 0.4) is 0 Å². The van der Waals surface area contributed by atoms with Crippen molar-refractivity contribution in [2.75, 3.05) is 6.61 Å². The zero-order valence-corrected chi connectivity index (χ0v) is 19.7. The van der Waals surface area contributed by atoms with E-state index in [-0.39, 0.29) is 11.9 Å². The van der Waals surface area contributed by atoms with E-state index in [2.05, 4.69) is 48.0 Å². The van der Waals surface area contributed by atoms with Crippen molar-refractivity contribution in [2.24, 2.45) is 5.41 Å². The van der Waals surface area contributed by atoms with Crippen LogP contribution in [-0.4, -0.2) is 22.1 Å². The van der Waals surface area contributed by atoms with Crippen LogP contribution < -0.4 is 10.1 Å². The summed E-state index contributed by atoms with van der Waals surface area (Å²) in [4.78, 5) is 17.3. The van der Waals surface area contributed by atoms with Crippen LogP contribution in [-0.2, 0) is 11.3 Å². The van der Waals surface area contributed by atoms with Gasteiger partial charge in [0.05, 0.1) is 23.7 Å². The lowest BCUT2D eigenvalue weighted by molar-refractivity contribution is -0.129. The van der Waals surface area contributed by atoms with Gasteiger partial charge < -0.3 is 14.6 Å². The van der Waals surface area contributed by atoms with Gasteiger partial charge in [0.2, 0.25) is 5.91 Å². The number of hydrogen-bond acceptors (Lipinski definition) is 3. The molecule has 166 valence electrons. The number of rotatable bonds is 8. The number of carbonyl (C=O) groups is 1. The summed E-state index contributed by atoms with van der Waals surface area (Å²) in [5.41, 5.74) is 3.97. The molecular formula is C26H35N3O2. The third-order valence-electron chi connectivity index (χ3n) is 5.53. The highest BCUT2D eigenvalue weighted by molar-refractivity contribution is 5.82. The number of hydrogen-bond donors (Lipinski definition) is 1. The second-order valence-corrected chi connectivity index (χ2v) is 9.33. The molecule has 31 heavy (non-hydrogen) atoms. The second kappa shape index (κ2) is 9.54. The molecule has 0 aliphatic heterocycles. The van der Waals surface area contributed by atoms with Gasteiger partial charge in [-0.25, -0.2) is 4.98 Å². The van der Waals surface area contributed by atoms with Gasteiger partial charge in [0.15, 0.2) is 0 Å². The van der Waals surface area contributed by atoms with E-state index >= 15 is 0 Å². The number of benzene rings is 2. The zero-order valence-electron chi connectivity index (χ0n) is 19.7. The second-order valence-electron chi connectivity index (χ2n) is 9.33. The number of para-hydroxylation sites is 3. The van der Waals surface area contributed by atoms with Gasteiger partial charge in [-0.05, 0) is 56.9 Å². The van der Waals surface area contributed by atoms with Crippen LogP contribution in [0, 0.1) is 19.3 Å². The Morgan fingerprint density at radius 2 is 1.74 bits per heavy atom. The van der Waals surface area contributed by atoms with Gasteiger partial charge in [0.25, 0.3) is 0 Å². The van der Waals surface area contributed by atoms with E-state index in [4.69, 9.17) is 9.72 Å². The maximum Gasteiger partial charge on any atom is 0.225 e. The molecular weight excluding hydrogens is 386 g/mol. The molecule has 0 radical (unpaired) electrons. The first-order valence-electron chi connectivity index (χ1n) is 11.1. The molecule has 0 spiro atoms. The zero-order chi connectivity index (χ0) is 22.6. The summed E-state index contributed by atoms with van der Waals surface area (Å²) in [6.45, 7) is 13.5. The number of unbranched alkanes of at least 4 members (excludes halogenated alkanes) is 1. The van der Waals surface area contributed by atoms with Gasteiger partial charge in [-0.15, -0.1) is 0 Å². The number of imidazole rings is 1.